The quantitative estimate of drug-likeness (QED) is 0.562. The fourth-order valence-corrected chi connectivity index (χ4v) is 3.72. The van der Waals surface area contributed by atoms with Gasteiger partial charge in [0.05, 0.1) is 18.4 Å². The Balaban J connectivity index is 1.67. The molecular formula is C22H38N2O2. The highest BCUT2D eigenvalue weighted by molar-refractivity contribution is 5.58. The van der Waals surface area contributed by atoms with E-state index < -0.39 is 0 Å². The van der Waals surface area contributed by atoms with E-state index in [2.05, 4.69) is 34.9 Å². The van der Waals surface area contributed by atoms with Crippen LogP contribution in [0.1, 0.15) is 58.8 Å². The van der Waals surface area contributed by atoms with Crippen molar-refractivity contribution in [2.45, 2.75) is 64.9 Å². The smallest absolute Gasteiger partial charge is 0.142 e. The largest absolute Gasteiger partial charge is 0.492 e. The molecule has 1 N–H and O–H groups in total. The number of aliphatic hydroxyl groups is 1. The number of anilines is 1. The van der Waals surface area contributed by atoms with E-state index in [9.17, 15) is 5.11 Å². The number of benzene rings is 1. The van der Waals surface area contributed by atoms with Crippen LogP contribution in [-0.2, 0) is 0 Å². The molecule has 1 heterocycles. The van der Waals surface area contributed by atoms with Gasteiger partial charge in [0.25, 0.3) is 0 Å². The SMILES string of the molecule is CCCCCCCCC(O)CN1CCN(c2ccccc2OCC)CC1. The first-order valence-corrected chi connectivity index (χ1v) is 10.6. The standard InChI is InChI=1S/C22H38N2O2/c1-3-5-6-7-8-9-12-20(25)19-23-15-17-24(18-16-23)21-13-10-11-14-22(21)26-4-2/h10-11,13-14,20,25H,3-9,12,15-19H2,1-2H3. The van der Waals surface area contributed by atoms with Gasteiger partial charge >= 0.3 is 0 Å². The van der Waals surface area contributed by atoms with Gasteiger partial charge in [0.2, 0.25) is 0 Å². The molecule has 0 bridgehead atoms. The summed E-state index contributed by atoms with van der Waals surface area (Å²) in [4.78, 5) is 4.81. The third kappa shape index (κ3) is 7.16. The minimum absolute atomic E-state index is 0.177. The van der Waals surface area contributed by atoms with E-state index in [1.54, 1.807) is 0 Å². The van der Waals surface area contributed by atoms with Crippen molar-refractivity contribution in [2.24, 2.45) is 0 Å². The predicted octanol–water partition coefficient (Wildman–Crippen LogP) is 4.32. The number of unbranched alkanes of at least 4 members (excludes halogenated alkanes) is 5. The molecule has 0 aliphatic carbocycles. The molecule has 1 unspecified atom stereocenters. The van der Waals surface area contributed by atoms with Crippen molar-refractivity contribution in [3.05, 3.63) is 24.3 Å². The molecule has 0 spiro atoms. The molecule has 0 amide bonds. The number of nitrogens with zero attached hydrogens (tertiary/aromatic N) is 2. The lowest BCUT2D eigenvalue weighted by Gasteiger charge is -2.37. The summed E-state index contributed by atoms with van der Waals surface area (Å²) in [5.41, 5.74) is 1.20. The molecule has 0 aromatic heterocycles. The highest BCUT2D eigenvalue weighted by atomic mass is 16.5. The molecule has 2 rings (SSSR count). The summed E-state index contributed by atoms with van der Waals surface area (Å²) in [6.07, 6.45) is 8.49. The molecule has 1 aliphatic rings. The van der Waals surface area contributed by atoms with Gasteiger partial charge in [0, 0.05) is 32.7 Å². The lowest BCUT2D eigenvalue weighted by Crippen LogP contribution is -2.48. The number of aliphatic hydroxyl groups excluding tert-OH is 1. The van der Waals surface area contributed by atoms with Gasteiger partial charge in [-0.1, -0.05) is 57.6 Å². The molecule has 4 heteroatoms. The second kappa shape index (κ2) is 12.2. The van der Waals surface area contributed by atoms with Gasteiger partial charge in [-0.25, -0.2) is 0 Å². The third-order valence-corrected chi connectivity index (χ3v) is 5.24. The van der Waals surface area contributed by atoms with Crippen molar-refractivity contribution in [1.29, 1.82) is 0 Å². The predicted molar refractivity (Wildman–Crippen MR) is 110 cm³/mol. The molecule has 1 fully saturated rings. The van der Waals surface area contributed by atoms with E-state index in [4.69, 9.17) is 4.74 Å². The maximum atomic E-state index is 10.3. The number of hydrogen-bond acceptors (Lipinski definition) is 4. The normalized spacial score (nSPS) is 16.7. The lowest BCUT2D eigenvalue weighted by molar-refractivity contribution is 0.0996. The van der Waals surface area contributed by atoms with Crippen LogP contribution in [0.3, 0.4) is 0 Å². The van der Waals surface area contributed by atoms with Crippen LogP contribution in [-0.4, -0.2) is 55.4 Å². The number of β-amino-alcohol motifs (C(OH)–C–C–N with tert-alkyl or cyclic N) is 1. The van der Waals surface area contributed by atoms with Gasteiger partial charge in [0.15, 0.2) is 0 Å². The first kappa shape index (κ1) is 21.0. The molecule has 1 aromatic rings. The fraction of sp³-hybridized carbons (Fsp3) is 0.727. The first-order chi connectivity index (χ1) is 12.7. The minimum atomic E-state index is -0.177. The van der Waals surface area contributed by atoms with Crippen molar-refractivity contribution >= 4 is 5.69 Å². The van der Waals surface area contributed by atoms with Crippen molar-refractivity contribution < 1.29 is 9.84 Å². The van der Waals surface area contributed by atoms with Crippen LogP contribution >= 0.6 is 0 Å². The van der Waals surface area contributed by atoms with E-state index in [0.717, 1.165) is 51.3 Å². The Bertz CT molecular complexity index is 487. The van der Waals surface area contributed by atoms with Crippen LogP contribution in [0.5, 0.6) is 5.75 Å². The molecular weight excluding hydrogens is 324 g/mol. The Morgan fingerprint density at radius 3 is 2.38 bits per heavy atom. The van der Waals surface area contributed by atoms with Crippen molar-refractivity contribution in [1.82, 2.24) is 4.90 Å². The number of para-hydroxylation sites is 2. The summed E-state index contributed by atoms with van der Waals surface area (Å²) in [6.45, 7) is 9.79. The number of hydrogen-bond donors (Lipinski definition) is 1. The van der Waals surface area contributed by atoms with Gasteiger partial charge in [-0.2, -0.15) is 0 Å². The molecule has 0 radical (unpaired) electrons. The van der Waals surface area contributed by atoms with Gasteiger partial charge in [0.1, 0.15) is 5.75 Å². The van der Waals surface area contributed by atoms with Crippen molar-refractivity contribution in [3.8, 4) is 5.75 Å². The Labute approximate surface area is 160 Å². The van der Waals surface area contributed by atoms with Crippen molar-refractivity contribution in [3.63, 3.8) is 0 Å². The zero-order valence-corrected chi connectivity index (χ0v) is 16.8. The Hall–Kier alpha value is -1.26. The molecule has 148 valence electrons. The number of piperazine rings is 1. The highest BCUT2D eigenvalue weighted by Gasteiger charge is 2.21. The fourth-order valence-electron chi connectivity index (χ4n) is 3.72. The summed E-state index contributed by atoms with van der Waals surface area (Å²) in [7, 11) is 0. The zero-order valence-electron chi connectivity index (χ0n) is 16.8. The molecule has 26 heavy (non-hydrogen) atoms. The summed E-state index contributed by atoms with van der Waals surface area (Å²) in [5.74, 6) is 0.978. The topological polar surface area (TPSA) is 35.9 Å². The second-order valence-corrected chi connectivity index (χ2v) is 7.40. The van der Waals surface area contributed by atoms with Crippen LogP contribution in [0, 0.1) is 0 Å². The molecule has 1 saturated heterocycles. The maximum Gasteiger partial charge on any atom is 0.142 e. The average Bonchev–Trinajstić information content (AvgIpc) is 2.66. The Morgan fingerprint density at radius 1 is 0.962 bits per heavy atom. The molecule has 1 atom stereocenters. The molecule has 1 aromatic carbocycles. The molecule has 1 aliphatic heterocycles. The van der Waals surface area contributed by atoms with E-state index in [1.807, 2.05) is 13.0 Å². The van der Waals surface area contributed by atoms with E-state index >= 15 is 0 Å². The second-order valence-electron chi connectivity index (χ2n) is 7.40. The monoisotopic (exact) mass is 362 g/mol. The van der Waals surface area contributed by atoms with Crippen molar-refractivity contribution in [2.75, 3.05) is 44.2 Å². The summed E-state index contributed by atoms with van der Waals surface area (Å²) < 4.78 is 5.77. The van der Waals surface area contributed by atoms with Gasteiger partial charge < -0.3 is 14.7 Å². The van der Waals surface area contributed by atoms with Gasteiger partial charge in [-0.3, -0.25) is 4.90 Å². The Morgan fingerprint density at radius 2 is 1.65 bits per heavy atom. The van der Waals surface area contributed by atoms with Crippen LogP contribution in [0.15, 0.2) is 24.3 Å². The van der Waals surface area contributed by atoms with Crippen LogP contribution in [0.2, 0.25) is 0 Å². The summed E-state index contributed by atoms with van der Waals surface area (Å²) in [5, 5.41) is 10.3. The first-order valence-electron chi connectivity index (χ1n) is 10.6. The van der Waals surface area contributed by atoms with E-state index in [-0.39, 0.29) is 6.10 Å². The van der Waals surface area contributed by atoms with Crippen LogP contribution in [0.4, 0.5) is 5.69 Å². The van der Waals surface area contributed by atoms with Crippen LogP contribution in [0.25, 0.3) is 0 Å². The summed E-state index contributed by atoms with van der Waals surface area (Å²) >= 11 is 0. The zero-order chi connectivity index (χ0) is 18.6. The summed E-state index contributed by atoms with van der Waals surface area (Å²) in [6, 6.07) is 8.31. The molecule has 0 saturated carbocycles. The number of ether oxygens (including phenoxy) is 1. The highest BCUT2D eigenvalue weighted by Crippen LogP contribution is 2.28. The average molecular weight is 363 g/mol. The Kier molecular flexibility index (Phi) is 9.86. The molecule has 4 nitrogen and oxygen atoms in total. The third-order valence-electron chi connectivity index (χ3n) is 5.24. The lowest BCUT2D eigenvalue weighted by atomic mass is 10.1. The van der Waals surface area contributed by atoms with E-state index in [1.165, 1.54) is 37.8 Å². The minimum Gasteiger partial charge on any atom is -0.492 e. The number of rotatable bonds is 12. The van der Waals surface area contributed by atoms with Gasteiger partial charge in [-0.05, 0) is 25.5 Å². The van der Waals surface area contributed by atoms with Gasteiger partial charge in [-0.15, -0.1) is 0 Å². The van der Waals surface area contributed by atoms with E-state index in [0.29, 0.717) is 6.61 Å². The van der Waals surface area contributed by atoms with Crippen LogP contribution < -0.4 is 9.64 Å². The maximum absolute atomic E-state index is 10.3.